The van der Waals surface area contributed by atoms with Crippen LogP contribution < -0.4 is 11.1 Å². The predicted octanol–water partition coefficient (Wildman–Crippen LogP) is 4.45. The number of amides is 2. The molecule has 0 fully saturated rings. The Morgan fingerprint density at radius 3 is 2.59 bits per heavy atom. The first kappa shape index (κ1) is 22.3. The van der Waals surface area contributed by atoms with Crippen molar-refractivity contribution in [2.75, 3.05) is 11.1 Å². The quantitative estimate of drug-likeness (QED) is 0.370. The molecule has 0 saturated carbocycles. The van der Waals surface area contributed by atoms with Gasteiger partial charge in [0, 0.05) is 16.1 Å². The Hall–Kier alpha value is -3.50. The zero-order valence-electron chi connectivity index (χ0n) is 18.0. The largest absolute Gasteiger partial charge is 0.365 e. The molecule has 4 aromatic rings. The van der Waals surface area contributed by atoms with Crippen LogP contribution in [0.3, 0.4) is 0 Å². The number of carbonyl (C=O) groups excluding carboxylic acids is 2. The molecule has 0 atom stereocenters. The van der Waals surface area contributed by atoms with Crippen molar-refractivity contribution in [3.63, 3.8) is 0 Å². The summed E-state index contributed by atoms with van der Waals surface area (Å²) in [7, 11) is 0. The van der Waals surface area contributed by atoms with E-state index in [9.17, 15) is 14.0 Å². The third kappa shape index (κ3) is 4.34. The number of aromatic nitrogens is 3. The van der Waals surface area contributed by atoms with Gasteiger partial charge in [-0.25, -0.2) is 4.39 Å². The first-order chi connectivity index (χ1) is 16.5. The number of nitrogens with zero attached hydrogens (tertiary/aromatic N) is 3. The molecule has 1 aliphatic rings. The fourth-order valence-corrected chi connectivity index (χ4v) is 6.07. The Morgan fingerprint density at radius 2 is 1.85 bits per heavy atom. The van der Waals surface area contributed by atoms with E-state index in [1.54, 1.807) is 12.1 Å². The van der Waals surface area contributed by atoms with E-state index in [1.807, 2.05) is 34.9 Å². The lowest BCUT2D eigenvalue weighted by Gasteiger charge is -2.10. The molecule has 3 N–H and O–H groups in total. The standard InChI is InChI=1S/C24H20FN5O2S2/c25-15-11-9-14(10-12-15)22-28-29-24(30(22)16-5-2-1-3-6-16)33-13-19(31)27-23-20(21(26)32)17-7-4-8-18(17)34-23/h1-3,5-6,9-12H,4,7-8,13H2,(H2,26,32)(H,27,31). The highest BCUT2D eigenvalue weighted by atomic mass is 32.2. The monoisotopic (exact) mass is 493 g/mol. The van der Waals surface area contributed by atoms with Gasteiger partial charge in [0.2, 0.25) is 5.91 Å². The van der Waals surface area contributed by atoms with Crippen LogP contribution in [0, 0.1) is 5.82 Å². The van der Waals surface area contributed by atoms with Gasteiger partial charge in [0.05, 0.1) is 11.3 Å². The fraction of sp³-hybridized carbons (Fsp3) is 0.167. The first-order valence-corrected chi connectivity index (χ1v) is 12.4. The summed E-state index contributed by atoms with van der Waals surface area (Å²) in [5, 5.41) is 12.5. The van der Waals surface area contributed by atoms with E-state index < -0.39 is 5.91 Å². The van der Waals surface area contributed by atoms with Gasteiger partial charge >= 0.3 is 0 Å². The number of thiophene rings is 1. The Morgan fingerprint density at radius 1 is 1.09 bits per heavy atom. The van der Waals surface area contributed by atoms with Crippen molar-refractivity contribution in [2.45, 2.75) is 24.4 Å². The van der Waals surface area contributed by atoms with Crippen molar-refractivity contribution >= 4 is 39.9 Å². The Balaban J connectivity index is 1.39. The van der Waals surface area contributed by atoms with Gasteiger partial charge in [-0.1, -0.05) is 30.0 Å². The molecular formula is C24H20FN5O2S2. The highest BCUT2D eigenvalue weighted by Gasteiger charge is 2.26. The molecule has 0 unspecified atom stereocenters. The van der Waals surface area contributed by atoms with Gasteiger partial charge in [-0.3, -0.25) is 14.2 Å². The second-order valence-electron chi connectivity index (χ2n) is 7.75. The fourth-order valence-electron chi connectivity index (χ4n) is 4.00. The topological polar surface area (TPSA) is 103 Å². The predicted molar refractivity (Wildman–Crippen MR) is 131 cm³/mol. The second kappa shape index (κ2) is 9.40. The lowest BCUT2D eigenvalue weighted by Crippen LogP contribution is -2.19. The third-order valence-corrected chi connectivity index (χ3v) is 7.64. The number of hydrogen-bond donors (Lipinski definition) is 2. The minimum atomic E-state index is -0.518. The number of anilines is 1. The molecule has 1 aliphatic carbocycles. The molecule has 0 spiro atoms. The van der Waals surface area contributed by atoms with Crippen molar-refractivity contribution in [2.24, 2.45) is 5.73 Å². The molecule has 0 saturated heterocycles. The van der Waals surface area contributed by atoms with Crippen molar-refractivity contribution in [3.05, 3.63) is 76.4 Å². The number of fused-ring (bicyclic) bond motifs is 1. The van der Waals surface area contributed by atoms with Crippen LogP contribution in [0.25, 0.3) is 17.1 Å². The number of thioether (sulfide) groups is 1. The number of carbonyl (C=O) groups is 2. The van der Waals surface area contributed by atoms with Gasteiger partial charge in [-0.15, -0.1) is 21.5 Å². The number of benzene rings is 2. The summed E-state index contributed by atoms with van der Waals surface area (Å²) in [6.45, 7) is 0. The molecule has 2 aromatic carbocycles. The van der Waals surface area contributed by atoms with Crippen LogP contribution in [0.2, 0.25) is 0 Å². The van der Waals surface area contributed by atoms with Crippen molar-refractivity contribution in [3.8, 4) is 17.1 Å². The number of aryl methyl sites for hydroxylation is 1. The molecular weight excluding hydrogens is 473 g/mol. The van der Waals surface area contributed by atoms with Crippen LogP contribution in [0.5, 0.6) is 0 Å². The van der Waals surface area contributed by atoms with Gasteiger partial charge in [-0.2, -0.15) is 0 Å². The maximum Gasteiger partial charge on any atom is 0.251 e. The number of para-hydroxylation sites is 1. The average molecular weight is 494 g/mol. The number of nitrogens with one attached hydrogen (secondary N) is 1. The first-order valence-electron chi connectivity index (χ1n) is 10.6. The Bertz CT molecular complexity index is 1370. The van der Waals surface area contributed by atoms with Crippen LogP contribution in [-0.2, 0) is 17.6 Å². The highest BCUT2D eigenvalue weighted by molar-refractivity contribution is 7.99. The molecule has 10 heteroatoms. The van der Waals surface area contributed by atoms with E-state index in [2.05, 4.69) is 15.5 Å². The molecule has 172 valence electrons. The van der Waals surface area contributed by atoms with E-state index in [1.165, 1.54) is 35.2 Å². The van der Waals surface area contributed by atoms with E-state index in [4.69, 9.17) is 5.73 Å². The van der Waals surface area contributed by atoms with Gasteiger partial charge in [0.1, 0.15) is 10.8 Å². The third-order valence-electron chi connectivity index (χ3n) is 5.50. The van der Waals surface area contributed by atoms with E-state index in [0.29, 0.717) is 27.1 Å². The van der Waals surface area contributed by atoms with Crippen LogP contribution in [0.15, 0.2) is 59.8 Å². The maximum absolute atomic E-state index is 13.4. The second-order valence-corrected chi connectivity index (χ2v) is 9.79. The van der Waals surface area contributed by atoms with Crippen LogP contribution in [0.4, 0.5) is 9.39 Å². The van der Waals surface area contributed by atoms with Crippen LogP contribution >= 0.6 is 23.1 Å². The summed E-state index contributed by atoms with van der Waals surface area (Å²) < 4.78 is 15.3. The van der Waals surface area contributed by atoms with Crippen LogP contribution in [-0.4, -0.2) is 32.3 Å². The molecule has 0 bridgehead atoms. The molecule has 2 aromatic heterocycles. The Kier molecular flexibility index (Phi) is 6.16. The van der Waals surface area contributed by atoms with Gasteiger partial charge < -0.3 is 11.1 Å². The number of rotatable bonds is 7. The summed E-state index contributed by atoms with van der Waals surface area (Å²) in [6, 6.07) is 15.5. The lowest BCUT2D eigenvalue weighted by atomic mass is 10.1. The van der Waals surface area contributed by atoms with E-state index >= 15 is 0 Å². The summed E-state index contributed by atoms with van der Waals surface area (Å²) in [4.78, 5) is 25.9. The molecule has 7 nitrogen and oxygen atoms in total. The van der Waals surface area contributed by atoms with Crippen LogP contribution in [0.1, 0.15) is 27.2 Å². The minimum absolute atomic E-state index is 0.0646. The number of hydrogen-bond acceptors (Lipinski definition) is 6. The summed E-state index contributed by atoms with van der Waals surface area (Å²) >= 11 is 2.65. The van der Waals surface area contributed by atoms with E-state index in [0.717, 1.165) is 35.4 Å². The number of halogens is 1. The van der Waals surface area contributed by atoms with E-state index in [-0.39, 0.29) is 17.5 Å². The molecule has 0 aliphatic heterocycles. The number of nitrogens with two attached hydrogens (primary N) is 1. The van der Waals surface area contributed by atoms with Crippen molar-refractivity contribution in [1.29, 1.82) is 0 Å². The summed E-state index contributed by atoms with van der Waals surface area (Å²) in [6.07, 6.45) is 2.70. The lowest BCUT2D eigenvalue weighted by molar-refractivity contribution is -0.113. The van der Waals surface area contributed by atoms with Gasteiger partial charge in [0.25, 0.3) is 5.91 Å². The molecule has 34 heavy (non-hydrogen) atoms. The minimum Gasteiger partial charge on any atom is -0.365 e. The Labute approximate surface area is 203 Å². The van der Waals surface area contributed by atoms with Gasteiger partial charge in [-0.05, 0) is 61.2 Å². The zero-order valence-corrected chi connectivity index (χ0v) is 19.6. The average Bonchev–Trinajstić information content (AvgIpc) is 3.53. The summed E-state index contributed by atoms with van der Waals surface area (Å²) in [5.74, 6) is -0.515. The molecule has 2 amide bonds. The van der Waals surface area contributed by atoms with Crippen molar-refractivity contribution < 1.29 is 14.0 Å². The molecule has 0 radical (unpaired) electrons. The smallest absolute Gasteiger partial charge is 0.251 e. The van der Waals surface area contributed by atoms with Crippen molar-refractivity contribution in [1.82, 2.24) is 14.8 Å². The number of primary amides is 1. The SMILES string of the molecule is NC(=O)c1c(NC(=O)CSc2nnc(-c3ccc(F)cc3)n2-c2ccccc2)sc2c1CCC2. The van der Waals surface area contributed by atoms with Gasteiger partial charge in [0.15, 0.2) is 11.0 Å². The zero-order chi connectivity index (χ0) is 23.7. The highest BCUT2D eigenvalue weighted by Crippen LogP contribution is 2.39. The molecule has 5 rings (SSSR count). The normalized spacial score (nSPS) is 12.5. The molecule has 2 heterocycles. The summed E-state index contributed by atoms with van der Waals surface area (Å²) in [5.41, 5.74) is 8.51. The maximum atomic E-state index is 13.4.